The summed E-state index contributed by atoms with van der Waals surface area (Å²) in [6.07, 6.45) is 5.13. The van der Waals surface area contributed by atoms with Crippen molar-refractivity contribution in [1.82, 2.24) is 13.9 Å². The van der Waals surface area contributed by atoms with Gasteiger partial charge in [-0.05, 0) is 56.0 Å². The van der Waals surface area contributed by atoms with Crippen molar-refractivity contribution in [3.05, 3.63) is 58.4 Å². The highest BCUT2D eigenvalue weighted by Gasteiger charge is 2.38. The Labute approximate surface area is 231 Å². The van der Waals surface area contributed by atoms with E-state index in [0.29, 0.717) is 23.2 Å². The molecule has 2 fully saturated rings. The maximum absolute atomic E-state index is 14.9. The normalized spacial score (nSPS) is 20.8. The highest BCUT2D eigenvalue weighted by Crippen LogP contribution is 2.38. The molecule has 9 nitrogen and oxygen atoms in total. The molecule has 1 N–H and O–H groups in total. The predicted molar refractivity (Wildman–Crippen MR) is 148 cm³/mol. The van der Waals surface area contributed by atoms with Gasteiger partial charge in [-0.2, -0.15) is 5.26 Å². The zero-order chi connectivity index (χ0) is 27.6. The van der Waals surface area contributed by atoms with Gasteiger partial charge in [0, 0.05) is 32.3 Å². The number of nitriles is 1. The molecule has 11 heteroatoms. The lowest BCUT2D eigenvalue weighted by Crippen LogP contribution is -2.28. The molecule has 2 saturated heterocycles. The Balaban J connectivity index is 1.40. The monoisotopic (exact) mass is 553 g/mol. The zero-order valence-electron chi connectivity index (χ0n) is 22.3. The van der Waals surface area contributed by atoms with Crippen LogP contribution in [0.4, 0.5) is 10.1 Å². The lowest BCUT2D eigenvalue weighted by atomic mass is 9.92. The number of fused-ring (bicyclic) bond motifs is 1. The fourth-order valence-electron chi connectivity index (χ4n) is 5.24. The topological polar surface area (TPSA) is 102 Å². The number of benzene rings is 2. The van der Waals surface area contributed by atoms with E-state index in [2.05, 4.69) is 33.9 Å². The molecule has 3 aromatic rings. The van der Waals surface area contributed by atoms with Crippen LogP contribution in [0.15, 0.2) is 41.5 Å². The molecular formula is C28H32FN5O4S. The van der Waals surface area contributed by atoms with E-state index in [0.717, 1.165) is 38.8 Å². The number of ether oxygens (including phenoxy) is 3. The summed E-state index contributed by atoms with van der Waals surface area (Å²) in [4.78, 5) is 17.9. The quantitative estimate of drug-likeness (QED) is 0.348. The Morgan fingerprint density at radius 1 is 1.31 bits per heavy atom. The fraction of sp³-hybridized carbons (Fsp3) is 0.464. The fourth-order valence-corrected chi connectivity index (χ4v) is 6.07. The van der Waals surface area contributed by atoms with Gasteiger partial charge < -0.3 is 18.9 Å². The summed E-state index contributed by atoms with van der Waals surface area (Å²) in [5.41, 5.74) is 0.531. The van der Waals surface area contributed by atoms with E-state index in [9.17, 15) is 14.4 Å². The van der Waals surface area contributed by atoms with Crippen LogP contribution in [-0.2, 0) is 9.47 Å². The number of nitrogens with one attached hydrogen (secondary N) is 1. The molecule has 5 rings (SSSR count). The molecule has 2 aromatic carbocycles. The van der Waals surface area contributed by atoms with Gasteiger partial charge in [0.05, 0.1) is 47.3 Å². The molecule has 2 aliphatic heterocycles. The number of hydrogen-bond donors (Lipinski definition) is 1. The third-order valence-electron chi connectivity index (χ3n) is 7.79. The standard InChI is InChI=1S/C28H32FN5O4S/c1-4-28(5-2)13-18(16-37-28)34-17-31-24-8-6-19(12-21(24)27(34)35)38-26-22(14-30)25(9-7-23(26)29)32-39-33-11-10-20(15-33)36-3/h6-9,12,17-18,20,32H,4-5,10-11,13,15-16H2,1-3H3. The Morgan fingerprint density at radius 2 is 2.13 bits per heavy atom. The van der Waals surface area contributed by atoms with Gasteiger partial charge >= 0.3 is 0 Å². The summed E-state index contributed by atoms with van der Waals surface area (Å²) >= 11 is 1.34. The van der Waals surface area contributed by atoms with Gasteiger partial charge in [0.1, 0.15) is 17.4 Å². The number of aromatic nitrogens is 2. The summed E-state index contributed by atoms with van der Waals surface area (Å²) in [5.74, 6) is -0.645. The predicted octanol–water partition coefficient (Wildman–Crippen LogP) is 5.42. The van der Waals surface area contributed by atoms with Crippen molar-refractivity contribution in [1.29, 1.82) is 5.26 Å². The van der Waals surface area contributed by atoms with Crippen molar-refractivity contribution in [2.75, 3.05) is 31.5 Å². The Bertz CT molecular complexity index is 1450. The number of anilines is 1. The van der Waals surface area contributed by atoms with Crippen molar-refractivity contribution < 1.29 is 18.6 Å². The highest BCUT2D eigenvalue weighted by molar-refractivity contribution is 7.98. The van der Waals surface area contributed by atoms with E-state index in [1.165, 1.54) is 24.3 Å². The number of methoxy groups -OCH3 is 1. The van der Waals surface area contributed by atoms with E-state index < -0.39 is 5.82 Å². The van der Waals surface area contributed by atoms with Gasteiger partial charge in [-0.25, -0.2) is 13.7 Å². The van der Waals surface area contributed by atoms with Crippen molar-refractivity contribution >= 4 is 28.7 Å². The molecule has 0 saturated carbocycles. The number of halogens is 1. The molecule has 2 aliphatic rings. The Hall–Kier alpha value is -3.17. The average molecular weight is 554 g/mol. The lowest BCUT2D eigenvalue weighted by Gasteiger charge is -2.25. The molecule has 1 aromatic heterocycles. The van der Waals surface area contributed by atoms with Gasteiger partial charge in [-0.15, -0.1) is 0 Å². The summed E-state index contributed by atoms with van der Waals surface area (Å²) in [7, 11) is 1.69. The minimum Gasteiger partial charge on any atom is -0.453 e. The molecule has 0 spiro atoms. The van der Waals surface area contributed by atoms with Crippen LogP contribution in [0.5, 0.6) is 11.5 Å². The Kier molecular flexibility index (Phi) is 8.09. The van der Waals surface area contributed by atoms with E-state index in [1.54, 1.807) is 36.2 Å². The molecule has 0 bridgehead atoms. The maximum Gasteiger partial charge on any atom is 0.261 e. The summed E-state index contributed by atoms with van der Waals surface area (Å²) < 4.78 is 39.1. The van der Waals surface area contributed by atoms with Crippen molar-refractivity contribution in [3.63, 3.8) is 0 Å². The summed E-state index contributed by atoms with van der Waals surface area (Å²) in [6.45, 7) is 6.21. The van der Waals surface area contributed by atoms with Crippen LogP contribution in [-0.4, -0.2) is 52.4 Å². The average Bonchev–Trinajstić information content (AvgIpc) is 3.61. The molecule has 2 atom stereocenters. The second-order valence-corrected chi connectivity index (χ2v) is 10.8. The first-order valence-electron chi connectivity index (χ1n) is 13.2. The minimum atomic E-state index is -0.676. The summed E-state index contributed by atoms with van der Waals surface area (Å²) in [6, 6.07) is 9.53. The van der Waals surface area contributed by atoms with Gasteiger partial charge in [0.15, 0.2) is 11.6 Å². The largest absolute Gasteiger partial charge is 0.453 e. The van der Waals surface area contributed by atoms with Gasteiger partial charge in [0.2, 0.25) is 0 Å². The summed E-state index contributed by atoms with van der Waals surface area (Å²) in [5, 5.41) is 10.2. The second kappa shape index (κ2) is 11.5. The molecule has 0 radical (unpaired) electrons. The minimum absolute atomic E-state index is 0.0345. The van der Waals surface area contributed by atoms with Gasteiger partial charge in [-0.3, -0.25) is 9.36 Å². The van der Waals surface area contributed by atoms with Crippen LogP contribution in [0, 0.1) is 17.1 Å². The van der Waals surface area contributed by atoms with E-state index in [1.807, 2.05) is 0 Å². The molecule has 206 valence electrons. The Morgan fingerprint density at radius 3 is 2.82 bits per heavy atom. The molecule has 39 heavy (non-hydrogen) atoms. The number of hydrogen-bond acceptors (Lipinski definition) is 9. The van der Waals surface area contributed by atoms with Crippen LogP contribution in [0.3, 0.4) is 0 Å². The number of rotatable bonds is 9. The molecule has 2 unspecified atom stereocenters. The van der Waals surface area contributed by atoms with Crippen LogP contribution < -0.4 is 15.0 Å². The molecular weight excluding hydrogens is 521 g/mol. The van der Waals surface area contributed by atoms with E-state index >= 15 is 0 Å². The molecule has 3 heterocycles. The zero-order valence-corrected chi connectivity index (χ0v) is 23.1. The van der Waals surface area contributed by atoms with Crippen LogP contribution >= 0.6 is 12.1 Å². The second-order valence-electron chi connectivity index (χ2n) is 9.94. The van der Waals surface area contributed by atoms with Crippen molar-refractivity contribution in [2.24, 2.45) is 0 Å². The van der Waals surface area contributed by atoms with Gasteiger partial charge in [-0.1, -0.05) is 13.8 Å². The van der Waals surface area contributed by atoms with Crippen molar-refractivity contribution in [2.45, 2.75) is 57.3 Å². The molecule has 0 aliphatic carbocycles. The van der Waals surface area contributed by atoms with Crippen LogP contribution in [0.25, 0.3) is 10.9 Å². The third-order valence-corrected chi connectivity index (χ3v) is 8.69. The molecule has 0 amide bonds. The smallest absolute Gasteiger partial charge is 0.261 e. The van der Waals surface area contributed by atoms with E-state index in [-0.39, 0.29) is 40.4 Å². The van der Waals surface area contributed by atoms with E-state index in [4.69, 9.17) is 14.2 Å². The first-order valence-corrected chi connectivity index (χ1v) is 13.9. The van der Waals surface area contributed by atoms with Crippen LogP contribution in [0.1, 0.15) is 51.1 Å². The third kappa shape index (κ3) is 5.47. The lowest BCUT2D eigenvalue weighted by molar-refractivity contribution is -0.00268. The first-order chi connectivity index (χ1) is 18.9. The number of nitrogens with zero attached hydrogens (tertiary/aromatic N) is 4. The van der Waals surface area contributed by atoms with Crippen LogP contribution in [0.2, 0.25) is 0 Å². The van der Waals surface area contributed by atoms with Gasteiger partial charge in [0.25, 0.3) is 5.56 Å². The maximum atomic E-state index is 14.9. The highest BCUT2D eigenvalue weighted by atomic mass is 32.2. The first kappa shape index (κ1) is 27.4. The SMILES string of the molecule is CCC1(CC)CC(n2cnc3ccc(Oc4c(F)ccc(NSN5CCC(OC)C5)c4C#N)cc3c2=O)CO1. The van der Waals surface area contributed by atoms with Crippen molar-refractivity contribution in [3.8, 4) is 17.6 Å².